The van der Waals surface area contributed by atoms with Gasteiger partial charge in [-0.3, -0.25) is 4.79 Å². The third-order valence-corrected chi connectivity index (χ3v) is 4.43. The highest BCUT2D eigenvalue weighted by Crippen LogP contribution is 2.24. The van der Waals surface area contributed by atoms with E-state index < -0.39 is 0 Å². The molecule has 1 amide bonds. The molecule has 1 aromatic rings. The van der Waals surface area contributed by atoms with Gasteiger partial charge in [-0.05, 0) is 56.2 Å². The van der Waals surface area contributed by atoms with Crippen LogP contribution < -0.4 is 11.1 Å². The SMILES string of the molecule is CCCCCc1ccc(NC(=O)C2CCC(N)CC2)cc1. The highest BCUT2D eigenvalue weighted by Gasteiger charge is 2.24. The van der Waals surface area contributed by atoms with Crippen molar-refractivity contribution in [3.8, 4) is 0 Å². The number of hydrogen-bond donors (Lipinski definition) is 2. The zero-order valence-corrected chi connectivity index (χ0v) is 13.1. The van der Waals surface area contributed by atoms with E-state index in [1.165, 1.54) is 24.8 Å². The molecular formula is C18H28N2O. The quantitative estimate of drug-likeness (QED) is 0.781. The zero-order chi connectivity index (χ0) is 15.1. The average Bonchev–Trinajstić information content (AvgIpc) is 2.50. The van der Waals surface area contributed by atoms with E-state index in [9.17, 15) is 4.79 Å². The molecule has 0 heterocycles. The highest BCUT2D eigenvalue weighted by atomic mass is 16.1. The third-order valence-electron chi connectivity index (χ3n) is 4.43. The molecule has 0 unspecified atom stereocenters. The van der Waals surface area contributed by atoms with Crippen molar-refractivity contribution in [2.45, 2.75) is 64.3 Å². The summed E-state index contributed by atoms with van der Waals surface area (Å²) in [5.74, 6) is 0.287. The Kier molecular flexibility index (Phi) is 6.24. The van der Waals surface area contributed by atoms with Crippen LogP contribution in [0.1, 0.15) is 57.4 Å². The number of hydrogen-bond acceptors (Lipinski definition) is 2. The van der Waals surface area contributed by atoms with Crippen molar-refractivity contribution >= 4 is 11.6 Å². The lowest BCUT2D eigenvalue weighted by Gasteiger charge is -2.25. The molecule has 2 rings (SSSR count). The maximum atomic E-state index is 12.2. The van der Waals surface area contributed by atoms with Crippen LogP contribution in [0, 0.1) is 5.92 Å². The van der Waals surface area contributed by atoms with Crippen LogP contribution in [-0.2, 0) is 11.2 Å². The van der Waals surface area contributed by atoms with Crippen LogP contribution in [0.5, 0.6) is 0 Å². The lowest BCUT2D eigenvalue weighted by molar-refractivity contribution is -0.120. The molecule has 1 aliphatic rings. The second kappa shape index (κ2) is 8.18. The molecular weight excluding hydrogens is 260 g/mol. The van der Waals surface area contributed by atoms with Gasteiger partial charge in [0.25, 0.3) is 0 Å². The second-order valence-electron chi connectivity index (χ2n) is 6.25. The Labute approximate surface area is 128 Å². The molecule has 116 valence electrons. The van der Waals surface area contributed by atoms with E-state index >= 15 is 0 Å². The summed E-state index contributed by atoms with van der Waals surface area (Å²) in [6.45, 7) is 2.22. The highest BCUT2D eigenvalue weighted by molar-refractivity contribution is 5.92. The van der Waals surface area contributed by atoms with Gasteiger partial charge in [-0.2, -0.15) is 0 Å². The van der Waals surface area contributed by atoms with Gasteiger partial charge < -0.3 is 11.1 Å². The Morgan fingerprint density at radius 1 is 1.14 bits per heavy atom. The number of benzene rings is 1. The molecule has 0 saturated heterocycles. The molecule has 0 atom stereocenters. The largest absolute Gasteiger partial charge is 0.328 e. The molecule has 1 saturated carbocycles. The van der Waals surface area contributed by atoms with Gasteiger partial charge in [-0.1, -0.05) is 31.9 Å². The number of nitrogens with one attached hydrogen (secondary N) is 1. The van der Waals surface area contributed by atoms with Crippen molar-refractivity contribution in [3.63, 3.8) is 0 Å². The van der Waals surface area contributed by atoms with E-state index in [0.29, 0.717) is 0 Å². The number of carbonyl (C=O) groups is 1. The van der Waals surface area contributed by atoms with Crippen molar-refractivity contribution < 1.29 is 4.79 Å². The molecule has 3 heteroatoms. The van der Waals surface area contributed by atoms with E-state index in [4.69, 9.17) is 5.73 Å². The van der Waals surface area contributed by atoms with Crippen molar-refractivity contribution in [1.29, 1.82) is 0 Å². The van der Waals surface area contributed by atoms with Crippen LogP contribution in [0.3, 0.4) is 0 Å². The molecule has 3 nitrogen and oxygen atoms in total. The minimum Gasteiger partial charge on any atom is -0.328 e. The summed E-state index contributed by atoms with van der Waals surface area (Å²) in [5.41, 5.74) is 8.15. The Hall–Kier alpha value is -1.35. The van der Waals surface area contributed by atoms with E-state index in [-0.39, 0.29) is 17.9 Å². The second-order valence-corrected chi connectivity index (χ2v) is 6.25. The molecule has 0 aromatic heterocycles. The number of carbonyl (C=O) groups excluding carboxylic acids is 1. The molecule has 21 heavy (non-hydrogen) atoms. The maximum absolute atomic E-state index is 12.2. The van der Waals surface area contributed by atoms with Gasteiger partial charge in [0.1, 0.15) is 0 Å². The number of unbranched alkanes of at least 4 members (excludes halogenated alkanes) is 2. The fraction of sp³-hybridized carbons (Fsp3) is 0.611. The first-order valence-electron chi connectivity index (χ1n) is 8.34. The van der Waals surface area contributed by atoms with Gasteiger partial charge in [0, 0.05) is 17.6 Å². The monoisotopic (exact) mass is 288 g/mol. The molecule has 0 bridgehead atoms. The summed E-state index contributed by atoms with van der Waals surface area (Å²) >= 11 is 0. The molecule has 3 N–H and O–H groups in total. The van der Waals surface area contributed by atoms with Gasteiger partial charge in [-0.25, -0.2) is 0 Å². The topological polar surface area (TPSA) is 55.1 Å². The van der Waals surface area contributed by atoms with Crippen LogP contribution in [-0.4, -0.2) is 11.9 Å². The molecule has 0 aliphatic heterocycles. The molecule has 0 radical (unpaired) electrons. The molecule has 1 fully saturated rings. The van der Waals surface area contributed by atoms with Crippen LogP contribution in [0.4, 0.5) is 5.69 Å². The minimum absolute atomic E-state index is 0.133. The standard InChI is InChI=1S/C18H28N2O/c1-2-3-4-5-14-6-12-17(13-7-14)20-18(21)15-8-10-16(19)11-9-15/h6-7,12-13,15-16H,2-5,8-11,19H2,1H3,(H,20,21). The molecule has 1 aliphatic carbocycles. The number of rotatable bonds is 6. The fourth-order valence-corrected chi connectivity index (χ4v) is 2.96. The van der Waals surface area contributed by atoms with Gasteiger partial charge in [0.15, 0.2) is 0 Å². The Bertz CT molecular complexity index is 433. The Balaban J connectivity index is 1.81. The number of aryl methyl sites for hydroxylation is 1. The van der Waals surface area contributed by atoms with Gasteiger partial charge in [0.05, 0.1) is 0 Å². The summed E-state index contributed by atoms with van der Waals surface area (Å²) in [6.07, 6.45) is 8.67. The Morgan fingerprint density at radius 3 is 2.43 bits per heavy atom. The first kappa shape index (κ1) is 16.0. The van der Waals surface area contributed by atoms with Crippen molar-refractivity contribution in [1.82, 2.24) is 0 Å². The number of amides is 1. The zero-order valence-electron chi connectivity index (χ0n) is 13.1. The van der Waals surface area contributed by atoms with Crippen molar-refractivity contribution in [3.05, 3.63) is 29.8 Å². The van der Waals surface area contributed by atoms with Crippen LogP contribution in [0.25, 0.3) is 0 Å². The van der Waals surface area contributed by atoms with Gasteiger partial charge in [0.2, 0.25) is 5.91 Å². The predicted molar refractivity (Wildman–Crippen MR) is 88.2 cm³/mol. The van der Waals surface area contributed by atoms with Crippen molar-refractivity contribution in [2.24, 2.45) is 11.7 Å². The first-order chi connectivity index (χ1) is 10.2. The molecule has 1 aromatic carbocycles. The summed E-state index contributed by atoms with van der Waals surface area (Å²) in [6, 6.07) is 8.59. The summed E-state index contributed by atoms with van der Waals surface area (Å²) in [4.78, 5) is 12.2. The molecule has 0 spiro atoms. The Morgan fingerprint density at radius 2 is 1.81 bits per heavy atom. The maximum Gasteiger partial charge on any atom is 0.227 e. The summed E-state index contributed by atoms with van der Waals surface area (Å²) in [7, 11) is 0. The van der Waals surface area contributed by atoms with E-state index in [2.05, 4.69) is 24.4 Å². The fourth-order valence-electron chi connectivity index (χ4n) is 2.96. The van der Waals surface area contributed by atoms with E-state index in [1.54, 1.807) is 0 Å². The van der Waals surface area contributed by atoms with Crippen LogP contribution >= 0.6 is 0 Å². The average molecular weight is 288 g/mol. The van der Waals surface area contributed by atoms with E-state index in [0.717, 1.165) is 37.8 Å². The predicted octanol–water partition coefficient (Wildman–Crippen LogP) is 3.88. The number of anilines is 1. The normalized spacial score (nSPS) is 22.0. The minimum atomic E-state index is 0.133. The summed E-state index contributed by atoms with van der Waals surface area (Å²) < 4.78 is 0. The van der Waals surface area contributed by atoms with Crippen molar-refractivity contribution in [2.75, 3.05) is 5.32 Å². The van der Waals surface area contributed by atoms with Crippen LogP contribution in [0.15, 0.2) is 24.3 Å². The smallest absolute Gasteiger partial charge is 0.227 e. The third kappa shape index (κ3) is 5.16. The van der Waals surface area contributed by atoms with Gasteiger partial charge >= 0.3 is 0 Å². The van der Waals surface area contributed by atoms with Gasteiger partial charge in [-0.15, -0.1) is 0 Å². The van der Waals surface area contributed by atoms with E-state index in [1.807, 2.05) is 12.1 Å². The lowest BCUT2D eigenvalue weighted by Crippen LogP contribution is -2.32. The lowest BCUT2D eigenvalue weighted by atomic mass is 9.86. The first-order valence-corrected chi connectivity index (χ1v) is 8.34. The summed E-state index contributed by atoms with van der Waals surface area (Å²) in [5, 5.41) is 3.04. The number of nitrogens with two attached hydrogens (primary N) is 1. The van der Waals surface area contributed by atoms with Crippen LogP contribution in [0.2, 0.25) is 0 Å².